The Hall–Kier alpha value is -1.79. The molecule has 1 atom stereocenters. The number of phenols is 1. The van der Waals surface area contributed by atoms with Crippen LogP contribution >= 0.6 is 23.8 Å². The molecule has 0 amide bonds. The first-order valence-electron chi connectivity index (χ1n) is 8.47. The molecule has 1 aromatic rings. The molecule has 3 rings (SSSR count). The number of aromatic hydroxyl groups is 1. The van der Waals surface area contributed by atoms with E-state index in [-0.39, 0.29) is 22.6 Å². The Balaban J connectivity index is 2.13. The SMILES string of the molecule is CCOc1cc(C2NC(=S)N(CC)C3=C2C(=O)CCC3)cc(Cl)c1O. The summed E-state index contributed by atoms with van der Waals surface area (Å²) in [6.45, 7) is 4.96. The second-order valence-corrected chi connectivity index (χ2v) is 6.84. The molecule has 25 heavy (non-hydrogen) atoms. The lowest BCUT2D eigenvalue weighted by Gasteiger charge is -2.40. The Morgan fingerprint density at radius 1 is 1.40 bits per heavy atom. The molecule has 0 aromatic heterocycles. The number of carbonyl (C=O) groups excluding carboxylic acids is 1. The topological polar surface area (TPSA) is 61.8 Å². The van der Waals surface area contributed by atoms with E-state index in [1.165, 1.54) is 0 Å². The van der Waals surface area contributed by atoms with E-state index in [0.717, 1.165) is 29.7 Å². The molecule has 1 aliphatic carbocycles. The largest absolute Gasteiger partial charge is 0.503 e. The van der Waals surface area contributed by atoms with Crippen molar-refractivity contribution in [2.75, 3.05) is 13.2 Å². The number of ether oxygens (including phenoxy) is 1. The molecule has 1 aliphatic heterocycles. The predicted octanol–water partition coefficient (Wildman–Crippen LogP) is 3.70. The molecule has 0 saturated heterocycles. The minimum absolute atomic E-state index is 0.0926. The summed E-state index contributed by atoms with van der Waals surface area (Å²) in [4.78, 5) is 14.7. The van der Waals surface area contributed by atoms with Gasteiger partial charge in [-0.2, -0.15) is 0 Å². The van der Waals surface area contributed by atoms with Gasteiger partial charge in [0.05, 0.1) is 17.7 Å². The van der Waals surface area contributed by atoms with E-state index in [0.29, 0.717) is 30.4 Å². The third-order valence-electron chi connectivity index (χ3n) is 4.56. The van der Waals surface area contributed by atoms with Gasteiger partial charge in [0, 0.05) is 24.2 Å². The van der Waals surface area contributed by atoms with Crippen molar-refractivity contribution in [2.45, 2.75) is 39.2 Å². The maximum absolute atomic E-state index is 12.7. The zero-order valence-electron chi connectivity index (χ0n) is 14.3. The molecule has 0 saturated carbocycles. The molecule has 0 fully saturated rings. The highest BCUT2D eigenvalue weighted by Gasteiger charge is 2.37. The fourth-order valence-electron chi connectivity index (χ4n) is 3.46. The van der Waals surface area contributed by atoms with E-state index in [1.54, 1.807) is 12.1 Å². The Morgan fingerprint density at radius 2 is 2.16 bits per heavy atom. The maximum atomic E-state index is 12.7. The number of hydrogen-bond acceptors (Lipinski definition) is 4. The third kappa shape index (κ3) is 3.20. The highest BCUT2D eigenvalue weighted by atomic mass is 35.5. The van der Waals surface area contributed by atoms with E-state index in [2.05, 4.69) is 5.32 Å². The molecule has 1 heterocycles. The number of Topliss-reactive ketones (excluding diaryl/α,β-unsaturated/α-hetero) is 1. The smallest absolute Gasteiger partial charge is 0.176 e. The Morgan fingerprint density at radius 3 is 2.84 bits per heavy atom. The van der Waals surface area contributed by atoms with Crippen LogP contribution in [0, 0.1) is 0 Å². The highest BCUT2D eigenvalue weighted by Crippen LogP contribution is 2.42. The van der Waals surface area contributed by atoms with Gasteiger partial charge in [-0.15, -0.1) is 0 Å². The first-order chi connectivity index (χ1) is 12.0. The summed E-state index contributed by atoms with van der Waals surface area (Å²) in [6.07, 6.45) is 2.20. The van der Waals surface area contributed by atoms with Crippen LogP contribution in [0.2, 0.25) is 5.02 Å². The monoisotopic (exact) mass is 380 g/mol. The molecule has 1 aromatic carbocycles. The molecule has 0 bridgehead atoms. The van der Waals surface area contributed by atoms with Crippen LogP contribution in [-0.2, 0) is 4.79 Å². The average molecular weight is 381 g/mol. The van der Waals surface area contributed by atoms with Crippen LogP contribution < -0.4 is 10.1 Å². The Bertz CT molecular complexity index is 763. The maximum Gasteiger partial charge on any atom is 0.176 e. The number of nitrogens with one attached hydrogen (secondary N) is 1. The van der Waals surface area contributed by atoms with Crippen molar-refractivity contribution in [3.63, 3.8) is 0 Å². The number of allylic oxidation sites excluding steroid dienone is 1. The molecule has 7 heteroatoms. The Kier molecular flexibility index (Phi) is 5.20. The molecule has 2 N–H and O–H groups in total. The number of carbonyl (C=O) groups is 1. The van der Waals surface area contributed by atoms with Gasteiger partial charge in [-0.05, 0) is 56.6 Å². The van der Waals surface area contributed by atoms with Gasteiger partial charge < -0.3 is 20.1 Å². The van der Waals surface area contributed by atoms with Gasteiger partial charge in [0.15, 0.2) is 22.4 Å². The van der Waals surface area contributed by atoms with Crippen molar-refractivity contribution in [2.24, 2.45) is 0 Å². The number of hydrogen-bond donors (Lipinski definition) is 2. The Labute approximate surface area is 157 Å². The predicted molar refractivity (Wildman–Crippen MR) is 101 cm³/mol. The minimum Gasteiger partial charge on any atom is -0.503 e. The van der Waals surface area contributed by atoms with Crippen LogP contribution in [0.25, 0.3) is 0 Å². The van der Waals surface area contributed by atoms with Crippen molar-refractivity contribution in [1.29, 1.82) is 0 Å². The number of nitrogens with zero attached hydrogens (tertiary/aromatic N) is 1. The van der Waals surface area contributed by atoms with E-state index in [4.69, 9.17) is 28.6 Å². The molecular formula is C18H21ClN2O3S. The molecule has 0 radical (unpaired) electrons. The minimum atomic E-state index is -0.379. The summed E-state index contributed by atoms with van der Waals surface area (Å²) in [5, 5.41) is 14.1. The van der Waals surface area contributed by atoms with Gasteiger partial charge in [-0.3, -0.25) is 4.79 Å². The van der Waals surface area contributed by atoms with E-state index < -0.39 is 0 Å². The van der Waals surface area contributed by atoms with Crippen LogP contribution in [0.3, 0.4) is 0 Å². The fourth-order valence-corrected chi connectivity index (χ4v) is 4.04. The fraction of sp³-hybridized carbons (Fsp3) is 0.444. The van der Waals surface area contributed by atoms with Crippen LogP contribution in [0.1, 0.15) is 44.7 Å². The molecule has 0 spiro atoms. The zero-order chi connectivity index (χ0) is 18.1. The van der Waals surface area contributed by atoms with Crippen molar-refractivity contribution < 1.29 is 14.6 Å². The van der Waals surface area contributed by atoms with E-state index >= 15 is 0 Å². The lowest BCUT2D eigenvalue weighted by molar-refractivity contribution is -0.116. The average Bonchev–Trinajstić information content (AvgIpc) is 2.58. The number of phenolic OH excluding ortho intramolecular Hbond substituents is 1. The second kappa shape index (κ2) is 7.22. The summed E-state index contributed by atoms with van der Waals surface area (Å²) in [5.74, 6) is 0.341. The zero-order valence-corrected chi connectivity index (χ0v) is 15.8. The summed E-state index contributed by atoms with van der Waals surface area (Å²) in [5.41, 5.74) is 2.49. The second-order valence-electron chi connectivity index (χ2n) is 6.05. The van der Waals surface area contributed by atoms with Gasteiger partial charge >= 0.3 is 0 Å². The lowest BCUT2D eigenvalue weighted by atomic mass is 9.84. The van der Waals surface area contributed by atoms with Crippen LogP contribution in [0.5, 0.6) is 11.5 Å². The number of halogens is 1. The van der Waals surface area contributed by atoms with E-state index in [1.807, 2.05) is 18.7 Å². The van der Waals surface area contributed by atoms with Crippen molar-refractivity contribution >= 4 is 34.7 Å². The molecule has 2 aliphatic rings. The highest BCUT2D eigenvalue weighted by molar-refractivity contribution is 7.80. The molecule has 134 valence electrons. The first kappa shape index (κ1) is 18.0. The number of benzene rings is 1. The van der Waals surface area contributed by atoms with Crippen LogP contribution in [-0.4, -0.2) is 34.1 Å². The van der Waals surface area contributed by atoms with Gasteiger partial charge in [-0.1, -0.05) is 11.6 Å². The quantitative estimate of drug-likeness (QED) is 0.776. The summed E-state index contributed by atoms with van der Waals surface area (Å²) < 4.78 is 5.47. The number of rotatable bonds is 4. The normalized spacial score (nSPS) is 20.4. The van der Waals surface area contributed by atoms with Crippen LogP contribution in [0.15, 0.2) is 23.4 Å². The third-order valence-corrected chi connectivity index (χ3v) is 5.18. The van der Waals surface area contributed by atoms with Gasteiger partial charge in [0.1, 0.15) is 0 Å². The lowest BCUT2D eigenvalue weighted by Crippen LogP contribution is -2.49. The van der Waals surface area contributed by atoms with Crippen molar-refractivity contribution in [1.82, 2.24) is 10.2 Å². The summed E-state index contributed by atoms with van der Waals surface area (Å²) in [6, 6.07) is 3.00. The molecular weight excluding hydrogens is 360 g/mol. The van der Waals surface area contributed by atoms with Crippen molar-refractivity contribution in [3.8, 4) is 11.5 Å². The number of ketones is 1. The van der Waals surface area contributed by atoms with E-state index in [9.17, 15) is 9.90 Å². The standard InChI is InChI=1S/C18H21ClN2O3S/c1-3-21-12-6-5-7-13(22)15(12)16(20-18(21)25)10-8-11(19)17(23)14(9-10)24-4-2/h8-9,16,23H,3-7H2,1-2H3,(H,20,25). The van der Waals surface area contributed by atoms with Crippen LogP contribution in [0.4, 0.5) is 0 Å². The molecule has 1 unspecified atom stereocenters. The van der Waals surface area contributed by atoms with Crippen molar-refractivity contribution in [3.05, 3.63) is 34.0 Å². The first-order valence-corrected chi connectivity index (χ1v) is 9.26. The summed E-state index contributed by atoms with van der Waals surface area (Å²) in [7, 11) is 0. The van der Waals surface area contributed by atoms with Gasteiger partial charge in [0.2, 0.25) is 0 Å². The summed E-state index contributed by atoms with van der Waals surface area (Å²) >= 11 is 11.7. The van der Waals surface area contributed by atoms with Gasteiger partial charge in [-0.25, -0.2) is 0 Å². The number of thiocarbonyl (C=S) groups is 1. The van der Waals surface area contributed by atoms with Gasteiger partial charge in [0.25, 0.3) is 0 Å². The molecule has 5 nitrogen and oxygen atoms in total.